The lowest BCUT2D eigenvalue weighted by Crippen LogP contribution is -2.50. The Morgan fingerprint density at radius 2 is 1.66 bits per heavy atom. The second kappa shape index (κ2) is 10.7. The number of fused-ring (bicyclic) bond motifs is 1. The number of hydrogen-bond acceptors (Lipinski definition) is 4. The normalized spacial score (nSPS) is 19.6. The molecule has 0 saturated carbocycles. The summed E-state index contributed by atoms with van der Waals surface area (Å²) in [5, 5.41) is 0. The van der Waals surface area contributed by atoms with E-state index in [1.165, 1.54) is 16.7 Å². The fourth-order valence-electron chi connectivity index (χ4n) is 5.82. The van der Waals surface area contributed by atoms with E-state index in [9.17, 15) is 4.79 Å². The highest BCUT2D eigenvalue weighted by Gasteiger charge is 2.33. The molecule has 1 fully saturated rings. The van der Waals surface area contributed by atoms with Crippen LogP contribution in [0.2, 0.25) is 0 Å². The summed E-state index contributed by atoms with van der Waals surface area (Å²) in [6.45, 7) is 7.72. The van der Waals surface area contributed by atoms with Gasteiger partial charge in [-0.1, -0.05) is 42.5 Å². The number of rotatable bonds is 4. The molecule has 2 aliphatic rings. The highest BCUT2D eigenvalue weighted by Crippen LogP contribution is 2.47. The predicted molar refractivity (Wildman–Crippen MR) is 149 cm³/mol. The van der Waals surface area contributed by atoms with Gasteiger partial charge in [0.15, 0.2) is 0 Å². The average Bonchev–Trinajstić information content (AvgIpc) is 2.91. The summed E-state index contributed by atoms with van der Waals surface area (Å²) in [5.41, 5.74) is 4.82. The van der Waals surface area contributed by atoms with Crippen molar-refractivity contribution in [2.45, 2.75) is 51.0 Å². The highest BCUT2D eigenvalue weighted by molar-refractivity contribution is 5.68. The van der Waals surface area contributed by atoms with Crippen molar-refractivity contribution in [3.8, 4) is 5.75 Å². The first-order valence-electron chi connectivity index (χ1n) is 13.5. The van der Waals surface area contributed by atoms with E-state index in [2.05, 4.69) is 42.5 Å². The molecule has 5 nitrogen and oxygen atoms in total. The molecule has 3 aromatic rings. The van der Waals surface area contributed by atoms with Crippen molar-refractivity contribution in [3.05, 3.63) is 94.8 Å². The first-order valence-corrected chi connectivity index (χ1v) is 13.5. The molecule has 3 aromatic carbocycles. The van der Waals surface area contributed by atoms with Crippen LogP contribution in [0.1, 0.15) is 61.3 Å². The summed E-state index contributed by atoms with van der Waals surface area (Å²) < 4.78 is 26.7. The van der Waals surface area contributed by atoms with Crippen LogP contribution in [0.25, 0.3) is 0 Å². The van der Waals surface area contributed by atoms with E-state index < -0.39 is 5.60 Å². The molecule has 0 aromatic heterocycles. The van der Waals surface area contributed by atoms with Gasteiger partial charge in [-0.15, -0.1) is 0 Å². The largest absolute Gasteiger partial charge is 0.497 e. The van der Waals surface area contributed by atoms with Crippen LogP contribution in [0.3, 0.4) is 0 Å². The van der Waals surface area contributed by atoms with Crippen molar-refractivity contribution in [3.63, 3.8) is 0 Å². The molecule has 5 rings (SSSR count). The number of ether oxygens (including phenoxy) is 2. The van der Waals surface area contributed by atoms with Crippen LogP contribution in [0.5, 0.6) is 5.75 Å². The molecular weight excluding hydrogens is 479 g/mol. The topological polar surface area (TPSA) is 42.0 Å². The maximum atomic E-state index is 15.7. The lowest BCUT2D eigenvalue weighted by Gasteiger charge is -2.37. The van der Waals surface area contributed by atoms with Crippen LogP contribution < -0.4 is 9.64 Å². The maximum Gasteiger partial charge on any atom is 0.410 e. The Morgan fingerprint density at radius 1 is 0.921 bits per heavy atom. The second-order valence-electron chi connectivity index (χ2n) is 11.3. The van der Waals surface area contributed by atoms with Crippen LogP contribution in [0.15, 0.2) is 66.7 Å². The first-order chi connectivity index (χ1) is 18.2. The highest BCUT2D eigenvalue weighted by atomic mass is 19.1. The molecule has 1 amide bonds. The van der Waals surface area contributed by atoms with Crippen molar-refractivity contribution in [1.82, 2.24) is 4.90 Å². The summed E-state index contributed by atoms with van der Waals surface area (Å²) in [5.74, 6) is 0.952. The number of halogens is 1. The van der Waals surface area contributed by atoms with Gasteiger partial charge in [0.1, 0.15) is 17.2 Å². The molecular formula is C32H37FN2O3. The lowest BCUT2D eigenvalue weighted by molar-refractivity contribution is 0.0240. The molecule has 0 spiro atoms. The summed E-state index contributed by atoms with van der Waals surface area (Å²) in [4.78, 5) is 16.2. The molecule has 1 aliphatic heterocycles. The third-order valence-corrected chi connectivity index (χ3v) is 7.64. The maximum absolute atomic E-state index is 15.7. The first kappa shape index (κ1) is 26.1. The minimum atomic E-state index is -0.531. The zero-order valence-electron chi connectivity index (χ0n) is 22.7. The van der Waals surface area contributed by atoms with Gasteiger partial charge in [0.05, 0.1) is 12.8 Å². The van der Waals surface area contributed by atoms with Gasteiger partial charge in [-0.3, -0.25) is 0 Å². The van der Waals surface area contributed by atoms with Gasteiger partial charge in [-0.25, -0.2) is 9.18 Å². The number of hydrogen-bond donors (Lipinski definition) is 0. The predicted octanol–water partition coefficient (Wildman–Crippen LogP) is 6.75. The number of aryl methyl sites for hydroxylation is 1. The van der Waals surface area contributed by atoms with Crippen LogP contribution in [-0.4, -0.2) is 49.9 Å². The van der Waals surface area contributed by atoms with E-state index in [-0.39, 0.29) is 23.7 Å². The molecule has 1 heterocycles. The monoisotopic (exact) mass is 516 g/mol. The van der Waals surface area contributed by atoms with Crippen molar-refractivity contribution in [1.29, 1.82) is 0 Å². The van der Waals surface area contributed by atoms with E-state index >= 15 is 4.39 Å². The molecule has 38 heavy (non-hydrogen) atoms. The molecule has 6 heteroatoms. The minimum Gasteiger partial charge on any atom is -0.497 e. The van der Waals surface area contributed by atoms with Crippen molar-refractivity contribution in [2.24, 2.45) is 0 Å². The Balaban J connectivity index is 1.40. The molecule has 200 valence electrons. The Kier molecular flexibility index (Phi) is 7.33. The third kappa shape index (κ3) is 5.50. The fourth-order valence-corrected chi connectivity index (χ4v) is 5.82. The number of piperazine rings is 1. The number of nitrogens with zero attached hydrogens (tertiary/aromatic N) is 2. The van der Waals surface area contributed by atoms with Crippen molar-refractivity contribution in [2.75, 3.05) is 38.2 Å². The molecule has 2 unspecified atom stereocenters. The lowest BCUT2D eigenvalue weighted by atomic mass is 9.69. The summed E-state index contributed by atoms with van der Waals surface area (Å²) in [6.07, 6.45) is 1.64. The van der Waals surface area contributed by atoms with Gasteiger partial charge in [-0.05, 0) is 86.1 Å². The zero-order valence-corrected chi connectivity index (χ0v) is 22.7. The van der Waals surface area contributed by atoms with E-state index in [0.29, 0.717) is 31.9 Å². The Hall–Kier alpha value is -3.54. The number of carbonyl (C=O) groups is 1. The smallest absolute Gasteiger partial charge is 0.410 e. The quantitative estimate of drug-likeness (QED) is 0.385. The second-order valence-corrected chi connectivity index (χ2v) is 11.3. The van der Waals surface area contributed by atoms with Gasteiger partial charge >= 0.3 is 6.09 Å². The van der Waals surface area contributed by atoms with Crippen LogP contribution >= 0.6 is 0 Å². The van der Waals surface area contributed by atoms with E-state index in [1.807, 2.05) is 43.9 Å². The standard InChI is InChI=1S/C32H37FN2O3/c1-32(2,3)38-31(36)35-18-16-34(17-19-35)29-15-11-24(21-28(29)33)30-26(22-8-6-5-7-9-22)13-10-23-20-25(37-4)12-14-27(23)30/h5-9,11-12,14-15,20-21,26,30H,10,13,16-19H2,1-4H3. The molecule has 2 atom stereocenters. The minimum absolute atomic E-state index is 0.0552. The number of carbonyl (C=O) groups excluding carboxylic acids is 1. The molecule has 0 bridgehead atoms. The Morgan fingerprint density at radius 3 is 2.32 bits per heavy atom. The van der Waals surface area contributed by atoms with Gasteiger partial charge in [0.2, 0.25) is 0 Å². The van der Waals surface area contributed by atoms with Gasteiger partial charge in [0.25, 0.3) is 0 Å². The summed E-state index contributed by atoms with van der Waals surface area (Å²) >= 11 is 0. The summed E-state index contributed by atoms with van der Waals surface area (Å²) in [6, 6.07) is 22.6. The zero-order chi connectivity index (χ0) is 26.9. The van der Waals surface area contributed by atoms with Crippen molar-refractivity contribution >= 4 is 11.8 Å². The third-order valence-electron chi connectivity index (χ3n) is 7.64. The molecule has 1 aliphatic carbocycles. The van der Waals surface area contributed by atoms with E-state index in [4.69, 9.17) is 9.47 Å². The van der Waals surface area contributed by atoms with E-state index in [1.54, 1.807) is 18.1 Å². The number of amides is 1. The average molecular weight is 517 g/mol. The van der Waals surface area contributed by atoms with Gasteiger partial charge < -0.3 is 19.3 Å². The summed E-state index contributed by atoms with van der Waals surface area (Å²) in [7, 11) is 1.69. The fraction of sp³-hybridized carbons (Fsp3) is 0.406. The Labute approximate surface area is 225 Å². The SMILES string of the molecule is COc1ccc2c(c1)CCC(c1ccccc1)C2c1ccc(N2CCN(C(=O)OC(C)(C)C)CC2)c(F)c1. The number of methoxy groups -OCH3 is 1. The van der Waals surface area contributed by atoms with Gasteiger partial charge in [0, 0.05) is 32.1 Å². The molecule has 0 N–H and O–H groups in total. The van der Waals surface area contributed by atoms with Crippen molar-refractivity contribution < 1.29 is 18.7 Å². The van der Waals surface area contributed by atoms with Crippen LogP contribution in [-0.2, 0) is 11.2 Å². The Bertz CT molecular complexity index is 1280. The molecule has 1 saturated heterocycles. The molecule has 0 radical (unpaired) electrons. The van der Waals surface area contributed by atoms with E-state index in [0.717, 1.165) is 24.2 Å². The van der Waals surface area contributed by atoms with Crippen LogP contribution in [0.4, 0.5) is 14.9 Å². The number of anilines is 1. The van der Waals surface area contributed by atoms with Crippen LogP contribution in [0, 0.1) is 5.82 Å². The number of benzene rings is 3. The van der Waals surface area contributed by atoms with Gasteiger partial charge in [-0.2, -0.15) is 0 Å².